The van der Waals surface area contributed by atoms with Crippen molar-refractivity contribution < 1.29 is 4.74 Å². The van der Waals surface area contributed by atoms with Crippen LogP contribution in [-0.4, -0.2) is 75.8 Å². The van der Waals surface area contributed by atoms with E-state index < -0.39 is 0 Å². The molecule has 0 aromatic carbocycles. The highest BCUT2D eigenvalue weighted by molar-refractivity contribution is 5.80. The van der Waals surface area contributed by atoms with Crippen molar-refractivity contribution in [2.24, 2.45) is 16.3 Å². The molecule has 0 aromatic rings. The van der Waals surface area contributed by atoms with Gasteiger partial charge >= 0.3 is 0 Å². The fraction of sp³-hybridized carbons (Fsp3) is 0.933. The first-order valence-electron chi connectivity index (χ1n) is 7.93. The molecule has 0 aliphatic carbocycles. The summed E-state index contributed by atoms with van der Waals surface area (Å²) >= 11 is 0. The van der Waals surface area contributed by atoms with Crippen LogP contribution >= 0.6 is 0 Å². The molecule has 0 bridgehead atoms. The van der Waals surface area contributed by atoms with E-state index in [2.05, 4.69) is 27.2 Å². The molecule has 3 rings (SSSR count). The van der Waals surface area contributed by atoms with Gasteiger partial charge in [-0.2, -0.15) is 0 Å². The number of hydrogen-bond acceptors (Lipinski definition) is 3. The summed E-state index contributed by atoms with van der Waals surface area (Å²) in [6.07, 6.45) is 3.77. The molecule has 3 aliphatic heterocycles. The van der Waals surface area contributed by atoms with Crippen molar-refractivity contribution in [3.8, 4) is 0 Å². The topological polar surface area (TPSA) is 40.1 Å². The Bertz CT molecular complexity index is 365. The normalized spacial score (nSPS) is 35.4. The molecule has 3 fully saturated rings. The van der Waals surface area contributed by atoms with Crippen molar-refractivity contribution in [3.05, 3.63) is 0 Å². The van der Waals surface area contributed by atoms with Gasteiger partial charge in [-0.15, -0.1) is 0 Å². The van der Waals surface area contributed by atoms with E-state index in [0.717, 1.165) is 44.7 Å². The Morgan fingerprint density at radius 2 is 2.30 bits per heavy atom. The summed E-state index contributed by atoms with van der Waals surface area (Å²) in [5, 5.41) is 3.59. The number of likely N-dealkylation sites (tertiary alicyclic amines) is 2. The molecule has 0 amide bonds. The number of hydrogen-bond donors (Lipinski definition) is 1. The summed E-state index contributed by atoms with van der Waals surface area (Å²) in [6.45, 7) is 7.60. The molecule has 114 valence electrons. The molecule has 5 heteroatoms. The summed E-state index contributed by atoms with van der Waals surface area (Å²) in [6, 6.07) is 0. The minimum absolute atomic E-state index is 0.408. The molecular weight excluding hydrogens is 252 g/mol. The van der Waals surface area contributed by atoms with Gasteiger partial charge in [-0.1, -0.05) is 0 Å². The van der Waals surface area contributed by atoms with Crippen LogP contribution in [0.4, 0.5) is 0 Å². The van der Waals surface area contributed by atoms with E-state index in [1.807, 2.05) is 7.05 Å². The molecule has 0 saturated carbocycles. The first-order valence-corrected chi connectivity index (χ1v) is 7.93. The molecule has 3 heterocycles. The van der Waals surface area contributed by atoms with Crippen molar-refractivity contribution in [1.29, 1.82) is 0 Å². The molecule has 0 radical (unpaired) electrons. The van der Waals surface area contributed by atoms with Crippen molar-refractivity contribution in [3.63, 3.8) is 0 Å². The Kier molecular flexibility index (Phi) is 4.17. The van der Waals surface area contributed by atoms with Gasteiger partial charge in [0, 0.05) is 45.2 Å². The third-order valence-electron chi connectivity index (χ3n) is 5.17. The standard InChI is InChI=1S/C15H28N4O/c1-16-14(17-9-13-3-6-18(2)10-13)19-7-4-15(11-19)5-8-20-12-15/h13H,3-12H2,1-2H3,(H,16,17). The van der Waals surface area contributed by atoms with Gasteiger partial charge in [0.1, 0.15) is 0 Å². The van der Waals surface area contributed by atoms with E-state index in [0.29, 0.717) is 5.41 Å². The van der Waals surface area contributed by atoms with Crippen LogP contribution in [0.2, 0.25) is 0 Å². The quantitative estimate of drug-likeness (QED) is 0.595. The predicted molar refractivity (Wildman–Crippen MR) is 81.0 cm³/mol. The number of ether oxygens (including phenoxy) is 1. The molecule has 5 nitrogen and oxygen atoms in total. The Hall–Kier alpha value is -0.810. The SMILES string of the molecule is CN=C(NCC1CCN(C)C1)N1CCC2(CCOC2)C1. The highest BCUT2D eigenvalue weighted by atomic mass is 16.5. The van der Waals surface area contributed by atoms with Crippen LogP contribution in [-0.2, 0) is 4.74 Å². The third-order valence-corrected chi connectivity index (χ3v) is 5.17. The lowest BCUT2D eigenvalue weighted by molar-refractivity contribution is 0.156. The zero-order valence-corrected chi connectivity index (χ0v) is 12.9. The molecule has 1 N–H and O–H groups in total. The van der Waals surface area contributed by atoms with Crippen LogP contribution in [0.1, 0.15) is 19.3 Å². The van der Waals surface area contributed by atoms with Crippen LogP contribution in [0.15, 0.2) is 4.99 Å². The second kappa shape index (κ2) is 5.90. The number of nitrogens with one attached hydrogen (secondary N) is 1. The van der Waals surface area contributed by atoms with E-state index in [4.69, 9.17) is 4.74 Å². The van der Waals surface area contributed by atoms with Gasteiger partial charge in [0.2, 0.25) is 0 Å². The first kappa shape index (κ1) is 14.1. The van der Waals surface area contributed by atoms with E-state index >= 15 is 0 Å². The van der Waals surface area contributed by atoms with E-state index in [1.54, 1.807) is 0 Å². The third kappa shape index (κ3) is 2.93. The number of guanidine groups is 1. The van der Waals surface area contributed by atoms with Crippen LogP contribution < -0.4 is 5.32 Å². The fourth-order valence-corrected chi connectivity index (χ4v) is 3.85. The van der Waals surface area contributed by atoms with Gasteiger partial charge in [-0.25, -0.2) is 0 Å². The van der Waals surface area contributed by atoms with Crippen LogP contribution in [0.3, 0.4) is 0 Å². The van der Waals surface area contributed by atoms with E-state index in [1.165, 1.54) is 32.4 Å². The number of aliphatic imine (C=N–C) groups is 1. The van der Waals surface area contributed by atoms with Gasteiger partial charge < -0.3 is 19.9 Å². The smallest absolute Gasteiger partial charge is 0.193 e. The zero-order chi connectivity index (χ0) is 14.0. The first-order chi connectivity index (χ1) is 9.71. The number of nitrogens with zero attached hydrogens (tertiary/aromatic N) is 3. The summed E-state index contributed by atoms with van der Waals surface area (Å²) in [5.74, 6) is 1.85. The molecule has 2 atom stereocenters. The summed E-state index contributed by atoms with van der Waals surface area (Å²) < 4.78 is 5.60. The highest BCUT2D eigenvalue weighted by Crippen LogP contribution is 2.38. The van der Waals surface area contributed by atoms with Gasteiger partial charge in [-0.3, -0.25) is 4.99 Å². The lowest BCUT2D eigenvalue weighted by Gasteiger charge is -2.25. The van der Waals surface area contributed by atoms with Crippen LogP contribution in [0, 0.1) is 11.3 Å². The largest absolute Gasteiger partial charge is 0.381 e. The fourth-order valence-electron chi connectivity index (χ4n) is 3.85. The zero-order valence-electron chi connectivity index (χ0n) is 12.9. The lowest BCUT2D eigenvalue weighted by atomic mass is 9.87. The van der Waals surface area contributed by atoms with Crippen LogP contribution in [0.25, 0.3) is 0 Å². The van der Waals surface area contributed by atoms with Crippen molar-refractivity contribution in [1.82, 2.24) is 15.1 Å². The Morgan fingerprint density at radius 3 is 2.95 bits per heavy atom. The van der Waals surface area contributed by atoms with Gasteiger partial charge in [0.25, 0.3) is 0 Å². The Balaban J connectivity index is 1.50. The maximum absolute atomic E-state index is 5.60. The Morgan fingerprint density at radius 1 is 1.40 bits per heavy atom. The molecule has 0 aromatic heterocycles. The lowest BCUT2D eigenvalue weighted by Crippen LogP contribution is -2.43. The predicted octanol–water partition coefficient (Wildman–Crippen LogP) is 0.626. The monoisotopic (exact) mass is 280 g/mol. The van der Waals surface area contributed by atoms with Crippen LogP contribution in [0.5, 0.6) is 0 Å². The van der Waals surface area contributed by atoms with Gasteiger partial charge in [-0.05, 0) is 38.8 Å². The minimum atomic E-state index is 0.408. The van der Waals surface area contributed by atoms with Crippen molar-refractivity contribution in [2.45, 2.75) is 19.3 Å². The molecular formula is C15H28N4O. The summed E-state index contributed by atoms with van der Waals surface area (Å²) in [4.78, 5) is 9.32. The molecule has 3 aliphatic rings. The minimum Gasteiger partial charge on any atom is -0.381 e. The summed E-state index contributed by atoms with van der Waals surface area (Å²) in [7, 11) is 4.11. The average Bonchev–Trinajstić information content (AvgIpc) is 3.15. The van der Waals surface area contributed by atoms with Crippen molar-refractivity contribution >= 4 is 5.96 Å². The van der Waals surface area contributed by atoms with Gasteiger partial charge in [0.15, 0.2) is 5.96 Å². The molecule has 1 spiro atoms. The molecule has 2 unspecified atom stereocenters. The number of rotatable bonds is 2. The van der Waals surface area contributed by atoms with E-state index in [-0.39, 0.29) is 0 Å². The maximum atomic E-state index is 5.60. The Labute approximate surface area is 122 Å². The van der Waals surface area contributed by atoms with E-state index in [9.17, 15) is 0 Å². The average molecular weight is 280 g/mol. The molecule has 20 heavy (non-hydrogen) atoms. The summed E-state index contributed by atoms with van der Waals surface area (Å²) in [5.41, 5.74) is 0.408. The molecule has 3 saturated heterocycles. The van der Waals surface area contributed by atoms with Crippen molar-refractivity contribution in [2.75, 3.05) is 60.0 Å². The second-order valence-electron chi connectivity index (χ2n) is 6.82. The maximum Gasteiger partial charge on any atom is 0.193 e. The highest BCUT2D eigenvalue weighted by Gasteiger charge is 2.42. The second-order valence-corrected chi connectivity index (χ2v) is 6.82. The van der Waals surface area contributed by atoms with Gasteiger partial charge in [0.05, 0.1) is 6.61 Å².